The van der Waals surface area contributed by atoms with Gasteiger partial charge >= 0.3 is 6.18 Å². The van der Waals surface area contributed by atoms with Crippen LogP contribution < -0.4 is 0 Å². The molecule has 0 saturated heterocycles. The van der Waals surface area contributed by atoms with Crippen molar-refractivity contribution < 1.29 is 13.2 Å². The fourth-order valence-corrected chi connectivity index (χ4v) is 2.32. The second kappa shape index (κ2) is 4.21. The minimum Gasteiger partial charge on any atom is -0.327 e. The van der Waals surface area contributed by atoms with E-state index in [-0.39, 0.29) is 0 Å². The molecule has 6 heteroatoms. The zero-order chi connectivity index (χ0) is 13.6. The van der Waals surface area contributed by atoms with Crippen LogP contribution in [0.1, 0.15) is 31.3 Å². The minimum absolute atomic E-state index is 0.389. The van der Waals surface area contributed by atoms with Gasteiger partial charge in [0, 0.05) is 13.0 Å². The number of alkyl halides is 3. The number of imidazole rings is 1. The molecule has 102 valence electrons. The highest BCUT2D eigenvalue weighted by atomic mass is 19.4. The van der Waals surface area contributed by atoms with Gasteiger partial charge in [0.15, 0.2) is 0 Å². The van der Waals surface area contributed by atoms with Crippen LogP contribution in [-0.2, 0) is 19.1 Å². The lowest BCUT2D eigenvalue weighted by atomic mass is 10.3. The van der Waals surface area contributed by atoms with Gasteiger partial charge < -0.3 is 4.57 Å². The molecule has 0 aliphatic heterocycles. The smallest absolute Gasteiger partial charge is 0.327 e. The SMILES string of the molecule is CCn1c(CC2CC2)nc2cc(C(F)(F)F)ncc21. The van der Waals surface area contributed by atoms with E-state index in [9.17, 15) is 13.2 Å². The fourth-order valence-electron chi connectivity index (χ4n) is 2.32. The molecular weight excluding hydrogens is 255 g/mol. The topological polar surface area (TPSA) is 30.7 Å². The summed E-state index contributed by atoms with van der Waals surface area (Å²) < 4.78 is 39.8. The number of fused-ring (bicyclic) bond motifs is 1. The fraction of sp³-hybridized carbons (Fsp3) is 0.538. The molecule has 0 spiro atoms. The molecule has 1 aliphatic carbocycles. The van der Waals surface area contributed by atoms with Gasteiger partial charge in [0.25, 0.3) is 0 Å². The van der Waals surface area contributed by atoms with Crippen molar-refractivity contribution in [3.05, 3.63) is 23.8 Å². The van der Waals surface area contributed by atoms with Crippen LogP contribution in [-0.4, -0.2) is 14.5 Å². The second-order valence-electron chi connectivity index (χ2n) is 4.98. The van der Waals surface area contributed by atoms with Crippen LogP contribution >= 0.6 is 0 Å². The first kappa shape index (κ1) is 12.4. The molecule has 1 aliphatic rings. The molecule has 2 aromatic rings. The zero-order valence-electron chi connectivity index (χ0n) is 10.5. The van der Waals surface area contributed by atoms with Crippen LogP contribution in [0.15, 0.2) is 12.3 Å². The van der Waals surface area contributed by atoms with Crippen LogP contribution in [0.4, 0.5) is 13.2 Å². The van der Waals surface area contributed by atoms with Gasteiger partial charge in [0.05, 0.1) is 17.2 Å². The molecule has 0 amide bonds. The number of nitrogens with zero attached hydrogens (tertiary/aromatic N) is 3. The predicted octanol–water partition coefficient (Wildman–Crippen LogP) is 3.42. The Morgan fingerprint density at radius 2 is 2.11 bits per heavy atom. The molecule has 3 nitrogen and oxygen atoms in total. The Kier molecular flexibility index (Phi) is 2.76. The van der Waals surface area contributed by atoms with Gasteiger partial charge in [-0.3, -0.25) is 0 Å². The zero-order valence-corrected chi connectivity index (χ0v) is 10.5. The largest absolute Gasteiger partial charge is 0.433 e. The molecule has 3 rings (SSSR count). The molecular formula is C13H14F3N3. The molecule has 0 radical (unpaired) electrons. The van der Waals surface area contributed by atoms with Crippen LogP contribution in [0.3, 0.4) is 0 Å². The molecule has 0 aromatic carbocycles. The first-order valence-corrected chi connectivity index (χ1v) is 6.41. The highest BCUT2D eigenvalue weighted by molar-refractivity contribution is 5.75. The van der Waals surface area contributed by atoms with Gasteiger partial charge in [-0.05, 0) is 31.7 Å². The lowest BCUT2D eigenvalue weighted by Gasteiger charge is -2.06. The van der Waals surface area contributed by atoms with Crippen molar-refractivity contribution in [1.29, 1.82) is 0 Å². The summed E-state index contributed by atoms with van der Waals surface area (Å²) in [6.45, 7) is 2.67. The molecule has 2 aromatic heterocycles. The Bertz CT molecular complexity index is 611. The van der Waals surface area contributed by atoms with Crippen LogP contribution in [0.5, 0.6) is 0 Å². The van der Waals surface area contributed by atoms with Crippen LogP contribution in [0.25, 0.3) is 11.0 Å². The Morgan fingerprint density at radius 1 is 1.37 bits per heavy atom. The first-order valence-electron chi connectivity index (χ1n) is 6.41. The highest BCUT2D eigenvalue weighted by Crippen LogP contribution is 2.34. The molecule has 2 heterocycles. The highest BCUT2D eigenvalue weighted by Gasteiger charge is 2.33. The molecule has 0 atom stereocenters. The summed E-state index contributed by atoms with van der Waals surface area (Å²) in [6.07, 6.45) is 0.105. The van der Waals surface area contributed by atoms with E-state index in [1.54, 1.807) is 0 Å². The Hall–Kier alpha value is -1.59. The average Bonchev–Trinajstić information content (AvgIpc) is 3.07. The lowest BCUT2D eigenvalue weighted by Crippen LogP contribution is -2.07. The third-order valence-corrected chi connectivity index (χ3v) is 3.49. The van der Waals surface area contributed by atoms with E-state index < -0.39 is 11.9 Å². The molecule has 1 saturated carbocycles. The molecule has 0 N–H and O–H groups in total. The van der Waals surface area contributed by atoms with Gasteiger partial charge in [0.1, 0.15) is 11.5 Å². The quantitative estimate of drug-likeness (QED) is 0.854. The van der Waals surface area contributed by atoms with Crippen molar-refractivity contribution in [2.24, 2.45) is 5.92 Å². The predicted molar refractivity (Wildman–Crippen MR) is 64.6 cm³/mol. The average molecular weight is 269 g/mol. The van der Waals surface area contributed by atoms with Crippen LogP contribution in [0, 0.1) is 5.92 Å². The number of halogens is 3. The summed E-state index contributed by atoms with van der Waals surface area (Å²) in [7, 11) is 0. The van der Waals surface area contributed by atoms with Gasteiger partial charge in [-0.15, -0.1) is 0 Å². The number of rotatable bonds is 3. The number of aromatic nitrogens is 3. The van der Waals surface area contributed by atoms with Crippen molar-refractivity contribution in [1.82, 2.24) is 14.5 Å². The van der Waals surface area contributed by atoms with Crippen molar-refractivity contribution in [3.8, 4) is 0 Å². The van der Waals surface area contributed by atoms with E-state index >= 15 is 0 Å². The van der Waals surface area contributed by atoms with E-state index in [1.165, 1.54) is 19.0 Å². The maximum Gasteiger partial charge on any atom is 0.433 e. The molecule has 0 bridgehead atoms. The number of pyridine rings is 1. The third-order valence-electron chi connectivity index (χ3n) is 3.49. The lowest BCUT2D eigenvalue weighted by molar-refractivity contribution is -0.141. The van der Waals surface area contributed by atoms with Gasteiger partial charge in [-0.1, -0.05) is 0 Å². The summed E-state index contributed by atoms with van der Waals surface area (Å²) in [5.41, 5.74) is 0.199. The summed E-state index contributed by atoms with van der Waals surface area (Å²) in [5.74, 6) is 1.53. The summed E-state index contributed by atoms with van der Waals surface area (Å²) >= 11 is 0. The summed E-state index contributed by atoms with van der Waals surface area (Å²) in [5, 5.41) is 0. The molecule has 1 fully saturated rings. The maximum absolute atomic E-state index is 12.6. The normalized spacial score (nSPS) is 16.2. The van der Waals surface area contributed by atoms with E-state index in [0.29, 0.717) is 23.5 Å². The number of hydrogen-bond donors (Lipinski definition) is 0. The van der Waals surface area contributed by atoms with E-state index in [0.717, 1.165) is 18.3 Å². The maximum atomic E-state index is 12.6. The molecule has 0 unspecified atom stereocenters. The second-order valence-corrected chi connectivity index (χ2v) is 4.98. The summed E-state index contributed by atoms with van der Waals surface area (Å²) in [6, 6.07) is 1.04. The Morgan fingerprint density at radius 3 is 2.68 bits per heavy atom. The number of hydrogen-bond acceptors (Lipinski definition) is 2. The van der Waals surface area contributed by atoms with E-state index in [1.807, 2.05) is 11.5 Å². The van der Waals surface area contributed by atoms with Crippen molar-refractivity contribution >= 4 is 11.0 Å². The van der Waals surface area contributed by atoms with Gasteiger partial charge in [0.2, 0.25) is 0 Å². The summed E-state index contributed by atoms with van der Waals surface area (Å²) in [4.78, 5) is 7.87. The Labute approximate surface area is 108 Å². The van der Waals surface area contributed by atoms with Crippen molar-refractivity contribution in [2.75, 3.05) is 0 Å². The monoisotopic (exact) mass is 269 g/mol. The van der Waals surface area contributed by atoms with Crippen molar-refractivity contribution in [2.45, 2.75) is 38.9 Å². The van der Waals surface area contributed by atoms with Crippen LogP contribution in [0.2, 0.25) is 0 Å². The Balaban J connectivity index is 2.08. The number of aryl methyl sites for hydroxylation is 1. The van der Waals surface area contributed by atoms with E-state index in [4.69, 9.17) is 0 Å². The van der Waals surface area contributed by atoms with Gasteiger partial charge in [-0.25, -0.2) is 9.97 Å². The third kappa shape index (κ3) is 2.31. The standard InChI is InChI=1S/C13H14F3N3/c1-2-19-10-7-17-11(13(14,15)16)6-9(10)18-12(19)5-8-3-4-8/h6-8H,2-5H2,1H3. The van der Waals surface area contributed by atoms with Crippen molar-refractivity contribution in [3.63, 3.8) is 0 Å². The van der Waals surface area contributed by atoms with E-state index in [2.05, 4.69) is 9.97 Å². The minimum atomic E-state index is -4.42. The molecule has 19 heavy (non-hydrogen) atoms. The van der Waals surface area contributed by atoms with Gasteiger partial charge in [-0.2, -0.15) is 13.2 Å². The first-order chi connectivity index (χ1) is 8.99.